The number of aromatic nitrogens is 3. The highest BCUT2D eigenvalue weighted by Crippen LogP contribution is 2.31. The Morgan fingerprint density at radius 1 is 1.31 bits per heavy atom. The number of pyridine rings is 1. The first-order valence-corrected chi connectivity index (χ1v) is 10.6. The molecule has 2 N–H and O–H groups in total. The molecule has 10 heteroatoms. The molecule has 1 fully saturated rings. The van der Waals surface area contributed by atoms with Crippen molar-refractivity contribution in [3.8, 4) is 0 Å². The van der Waals surface area contributed by atoms with Gasteiger partial charge in [0.2, 0.25) is 15.9 Å². The zero-order chi connectivity index (χ0) is 20.8. The Labute approximate surface area is 167 Å². The number of fused-ring (bicyclic) bond motifs is 1. The molecule has 1 saturated heterocycles. The van der Waals surface area contributed by atoms with Gasteiger partial charge in [0.05, 0.1) is 11.7 Å². The summed E-state index contributed by atoms with van der Waals surface area (Å²) in [5.74, 6) is -0.451. The summed E-state index contributed by atoms with van der Waals surface area (Å²) in [6, 6.07) is 5.50. The lowest BCUT2D eigenvalue weighted by molar-refractivity contribution is -0.119. The first-order valence-electron chi connectivity index (χ1n) is 9.20. The van der Waals surface area contributed by atoms with Crippen LogP contribution in [0.4, 0.5) is 5.69 Å². The van der Waals surface area contributed by atoms with E-state index in [4.69, 9.17) is 0 Å². The Hall–Kier alpha value is -2.98. The van der Waals surface area contributed by atoms with Gasteiger partial charge in [0.1, 0.15) is 10.9 Å². The second-order valence-electron chi connectivity index (χ2n) is 7.22. The molecular formula is C19H21N5O4S. The van der Waals surface area contributed by atoms with Crippen molar-refractivity contribution in [3.63, 3.8) is 0 Å². The van der Waals surface area contributed by atoms with Crippen LogP contribution in [0.1, 0.15) is 18.4 Å². The van der Waals surface area contributed by atoms with Gasteiger partial charge in [-0.3, -0.25) is 14.7 Å². The molecule has 0 aliphatic carbocycles. The van der Waals surface area contributed by atoms with Crippen molar-refractivity contribution in [1.29, 1.82) is 0 Å². The Bertz CT molecular complexity index is 1260. The first-order chi connectivity index (χ1) is 13.8. The maximum atomic E-state index is 13.4. The number of sulfonamides is 1. The standard InChI is InChI=1S/C19H21N5O4S/c1-12-8-13-11-20-22-18(13)16(9-12)29(27,28)24-6-3-4-15(24)19(26)21-14-5-7-23(2)17(25)10-14/h5,7-11,15H,3-4,6H2,1-2H3,(H,20,22)(H,21,26)/t15-/m1/s1. The van der Waals surface area contributed by atoms with Crippen LogP contribution in [0.2, 0.25) is 0 Å². The zero-order valence-electron chi connectivity index (χ0n) is 16.0. The van der Waals surface area contributed by atoms with Crippen molar-refractivity contribution in [2.75, 3.05) is 11.9 Å². The largest absolute Gasteiger partial charge is 0.324 e. The highest BCUT2D eigenvalue weighted by atomic mass is 32.2. The maximum absolute atomic E-state index is 13.4. The molecule has 3 aromatic rings. The Balaban J connectivity index is 1.66. The molecule has 1 aromatic carbocycles. The average molecular weight is 415 g/mol. The lowest BCUT2D eigenvalue weighted by atomic mass is 10.2. The van der Waals surface area contributed by atoms with Crippen LogP contribution in [0.3, 0.4) is 0 Å². The third-order valence-electron chi connectivity index (χ3n) is 5.12. The second-order valence-corrected chi connectivity index (χ2v) is 9.08. The molecule has 1 aliphatic heterocycles. The molecule has 4 rings (SSSR count). The molecule has 0 radical (unpaired) electrons. The van der Waals surface area contributed by atoms with E-state index < -0.39 is 22.0 Å². The number of nitrogens with zero attached hydrogens (tertiary/aromatic N) is 3. The number of nitrogens with one attached hydrogen (secondary N) is 2. The van der Waals surface area contributed by atoms with Crippen LogP contribution in [0.5, 0.6) is 0 Å². The fourth-order valence-electron chi connectivity index (χ4n) is 3.64. The topological polar surface area (TPSA) is 117 Å². The maximum Gasteiger partial charge on any atom is 0.252 e. The number of aromatic amines is 1. The second kappa shape index (κ2) is 7.12. The van der Waals surface area contributed by atoms with Crippen LogP contribution < -0.4 is 10.9 Å². The van der Waals surface area contributed by atoms with E-state index in [1.165, 1.54) is 14.9 Å². The monoisotopic (exact) mass is 415 g/mol. The molecule has 1 atom stereocenters. The van der Waals surface area contributed by atoms with E-state index in [1.807, 2.05) is 13.0 Å². The highest BCUT2D eigenvalue weighted by Gasteiger charge is 2.40. The average Bonchev–Trinajstić information content (AvgIpc) is 3.33. The minimum absolute atomic E-state index is 0.110. The summed E-state index contributed by atoms with van der Waals surface area (Å²) in [6.07, 6.45) is 4.11. The van der Waals surface area contributed by atoms with Crippen LogP contribution >= 0.6 is 0 Å². The molecule has 0 unspecified atom stereocenters. The van der Waals surface area contributed by atoms with E-state index >= 15 is 0 Å². The van der Waals surface area contributed by atoms with Gasteiger partial charge in [-0.1, -0.05) is 0 Å². The number of carbonyl (C=O) groups is 1. The van der Waals surface area contributed by atoms with Gasteiger partial charge >= 0.3 is 0 Å². The van der Waals surface area contributed by atoms with Gasteiger partial charge in [0.15, 0.2) is 0 Å². The fourth-order valence-corrected chi connectivity index (χ4v) is 5.55. The van der Waals surface area contributed by atoms with Gasteiger partial charge < -0.3 is 9.88 Å². The Kier molecular flexibility index (Phi) is 4.75. The third-order valence-corrected chi connectivity index (χ3v) is 7.05. The lowest BCUT2D eigenvalue weighted by Gasteiger charge is -2.24. The highest BCUT2D eigenvalue weighted by molar-refractivity contribution is 7.89. The van der Waals surface area contributed by atoms with Gasteiger partial charge in [-0.2, -0.15) is 9.40 Å². The first kappa shape index (κ1) is 19.3. The van der Waals surface area contributed by atoms with Crippen LogP contribution in [-0.4, -0.2) is 46.0 Å². The number of aryl methyl sites for hydroxylation is 2. The summed E-state index contributed by atoms with van der Waals surface area (Å²) in [6.45, 7) is 2.07. The van der Waals surface area contributed by atoms with Crippen LogP contribution in [0, 0.1) is 6.92 Å². The molecule has 9 nitrogen and oxygen atoms in total. The fraction of sp³-hybridized carbons (Fsp3) is 0.316. The molecular weight excluding hydrogens is 394 g/mol. The number of amides is 1. The molecule has 3 heterocycles. The van der Waals surface area contributed by atoms with Crippen molar-refractivity contribution in [3.05, 3.63) is 52.6 Å². The molecule has 29 heavy (non-hydrogen) atoms. The third kappa shape index (κ3) is 3.45. The van der Waals surface area contributed by atoms with Gasteiger partial charge in [0, 0.05) is 36.9 Å². The molecule has 0 spiro atoms. The molecule has 152 valence electrons. The summed E-state index contributed by atoms with van der Waals surface area (Å²) in [4.78, 5) is 24.7. The van der Waals surface area contributed by atoms with Crippen molar-refractivity contribution in [2.45, 2.75) is 30.7 Å². The van der Waals surface area contributed by atoms with Crippen molar-refractivity contribution in [2.24, 2.45) is 7.05 Å². The number of carbonyl (C=O) groups excluding carboxylic acids is 1. The summed E-state index contributed by atoms with van der Waals surface area (Å²) >= 11 is 0. The quantitative estimate of drug-likeness (QED) is 0.667. The lowest BCUT2D eigenvalue weighted by Crippen LogP contribution is -2.43. The minimum Gasteiger partial charge on any atom is -0.324 e. The number of hydrogen-bond donors (Lipinski definition) is 2. The zero-order valence-corrected chi connectivity index (χ0v) is 16.9. The number of anilines is 1. The predicted octanol–water partition coefficient (Wildman–Crippen LogP) is 1.36. The summed E-state index contributed by atoms with van der Waals surface area (Å²) in [7, 11) is -2.32. The van der Waals surface area contributed by atoms with Gasteiger partial charge in [-0.15, -0.1) is 0 Å². The summed E-state index contributed by atoms with van der Waals surface area (Å²) < 4.78 is 29.4. The Morgan fingerprint density at radius 2 is 2.10 bits per heavy atom. The van der Waals surface area contributed by atoms with Crippen molar-refractivity contribution < 1.29 is 13.2 Å². The van der Waals surface area contributed by atoms with E-state index in [0.29, 0.717) is 29.4 Å². The number of rotatable bonds is 4. The number of hydrogen-bond acceptors (Lipinski definition) is 5. The normalized spacial score (nSPS) is 17.7. The van der Waals surface area contributed by atoms with Gasteiger partial charge in [-0.05, 0) is 43.5 Å². The van der Waals surface area contributed by atoms with E-state index in [-0.39, 0.29) is 17.0 Å². The molecule has 0 saturated carbocycles. The number of H-pyrrole nitrogens is 1. The Morgan fingerprint density at radius 3 is 2.86 bits per heavy atom. The van der Waals surface area contributed by atoms with Crippen LogP contribution in [-0.2, 0) is 21.9 Å². The van der Waals surface area contributed by atoms with Crippen LogP contribution in [0.25, 0.3) is 10.9 Å². The predicted molar refractivity (Wildman–Crippen MR) is 108 cm³/mol. The molecule has 1 aliphatic rings. The van der Waals surface area contributed by atoms with Gasteiger partial charge in [-0.25, -0.2) is 8.42 Å². The molecule has 0 bridgehead atoms. The van der Waals surface area contributed by atoms with E-state index in [9.17, 15) is 18.0 Å². The van der Waals surface area contributed by atoms with E-state index in [1.54, 1.807) is 31.6 Å². The smallest absolute Gasteiger partial charge is 0.252 e. The van der Waals surface area contributed by atoms with E-state index in [0.717, 1.165) is 5.56 Å². The van der Waals surface area contributed by atoms with Crippen LogP contribution in [0.15, 0.2) is 46.3 Å². The van der Waals surface area contributed by atoms with E-state index in [2.05, 4.69) is 15.5 Å². The summed E-state index contributed by atoms with van der Waals surface area (Å²) in [5.41, 5.74) is 1.29. The van der Waals surface area contributed by atoms with Crippen molar-refractivity contribution in [1.82, 2.24) is 19.1 Å². The molecule has 2 aromatic heterocycles. The SMILES string of the molecule is Cc1cc(S(=O)(=O)N2CCC[C@@H]2C(=O)Nc2ccn(C)c(=O)c2)c2[nH]ncc2c1. The summed E-state index contributed by atoms with van der Waals surface area (Å²) in [5, 5.41) is 10.1. The number of benzene rings is 1. The minimum atomic E-state index is -3.92. The molecule has 1 amide bonds. The van der Waals surface area contributed by atoms with Crippen molar-refractivity contribution >= 4 is 32.5 Å². The van der Waals surface area contributed by atoms with Gasteiger partial charge in [0.25, 0.3) is 5.56 Å².